The molecule has 0 bridgehead atoms. The zero-order valence-electron chi connectivity index (χ0n) is 14.4. The highest BCUT2D eigenvalue weighted by atomic mass is 32.2. The SMILES string of the molecule is CCOC(=O)[C@@H](Cc1ccccc1)N1CCN[C@@H](CCSC)C1=O. The molecule has 5 nitrogen and oxygen atoms in total. The highest BCUT2D eigenvalue weighted by molar-refractivity contribution is 7.98. The summed E-state index contributed by atoms with van der Waals surface area (Å²) in [7, 11) is 0. The Balaban J connectivity index is 2.15. The first-order valence-electron chi connectivity index (χ1n) is 8.40. The van der Waals surface area contributed by atoms with Crippen molar-refractivity contribution >= 4 is 23.6 Å². The van der Waals surface area contributed by atoms with E-state index in [4.69, 9.17) is 4.74 Å². The molecule has 132 valence electrons. The van der Waals surface area contributed by atoms with Gasteiger partial charge in [-0.3, -0.25) is 4.79 Å². The maximum Gasteiger partial charge on any atom is 0.329 e. The van der Waals surface area contributed by atoms with Crippen LogP contribution >= 0.6 is 11.8 Å². The second kappa shape index (κ2) is 9.69. The lowest BCUT2D eigenvalue weighted by Crippen LogP contribution is -2.60. The molecule has 1 N–H and O–H groups in total. The van der Waals surface area contributed by atoms with Crippen molar-refractivity contribution in [3.8, 4) is 0 Å². The minimum Gasteiger partial charge on any atom is -0.464 e. The van der Waals surface area contributed by atoms with Crippen LogP contribution in [0.25, 0.3) is 0 Å². The summed E-state index contributed by atoms with van der Waals surface area (Å²) < 4.78 is 5.24. The maximum atomic E-state index is 12.8. The molecule has 1 fully saturated rings. The van der Waals surface area contributed by atoms with Crippen molar-refractivity contribution in [2.75, 3.05) is 31.7 Å². The molecule has 1 aliphatic heterocycles. The molecule has 1 aliphatic rings. The standard InChI is InChI=1S/C18H26N2O3S/c1-3-23-18(22)16(13-14-7-5-4-6-8-14)20-11-10-19-15(17(20)21)9-12-24-2/h4-8,15-16,19H,3,9-13H2,1-2H3/t15-,16+/m0/s1. The van der Waals surface area contributed by atoms with Gasteiger partial charge in [-0.15, -0.1) is 0 Å². The van der Waals surface area contributed by atoms with Crippen molar-refractivity contribution in [1.82, 2.24) is 10.2 Å². The van der Waals surface area contributed by atoms with Crippen LogP contribution in [0.3, 0.4) is 0 Å². The van der Waals surface area contributed by atoms with Crippen molar-refractivity contribution < 1.29 is 14.3 Å². The van der Waals surface area contributed by atoms with E-state index in [1.807, 2.05) is 36.6 Å². The second-order valence-corrected chi connectivity index (χ2v) is 6.76. The van der Waals surface area contributed by atoms with Gasteiger partial charge < -0.3 is 15.0 Å². The van der Waals surface area contributed by atoms with Crippen molar-refractivity contribution in [3.05, 3.63) is 35.9 Å². The van der Waals surface area contributed by atoms with E-state index in [0.717, 1.165) is 17.7 Å². The topological polar surface area (TPSA) is 58.6 Å². The minimum atomic E-state index is -0.557. The fourth-order valence-corrected chi connectivity index (χ4v) is 3.40. The Morgan fingerprint density at radius 2 is 2.17 bits per heavy atom. The zero-order valence-corrected chi connectivity index (χ0v) is 15.2. The predicted octanol–water partition coefficient (Wildman–Crippen LogP) is 1.71. The van der Waals surface area contributed by atoms with Crippen LogP contribution in [0.15, 0.2) is 30.3 Å². The van der Waals surface area contributed by atoms with Gasteiger partial charge in [0.15, 0.2) is 0 Å². The highest BCUT2D eigenvalue weighted by Gasteiger charge is 2.36. The van der Waals surface area contributed by atoms with Crippen LogP contribution in [0.2, 0.25) is 0 Å². The fourth-order valence-electron chi connectivity index (χ4n) is 2.92. The number of amides is 1. The minimum absolute atomic E-state index is 0.00397. The molecule has 6 heteroatoms. The molecular weight excluding hydrogens is 324 g/mol. The first-order valence-corrected chi connectivity index (χ1v) is 9.80. The summed E-state index contributed by atoms with van der Waals surface area (Å²) in [6.07, 6.45) is 3.29. The van der Waals surface area contributed by atoms with Gasteiger partial charge in [-0.2, -0.15) is 11.8 Å². The van der Waals surface area contributed by atoms with Crippen molar-refractivity contribution in [3.63, 3.8) is 0 Å². The lowest BCUT2D eigenvalue weighted by atomic mass is 10.0. The zero-order chi connectivity index (χ0) is 17.4. The molecular formula is C18H26N2O3S. The summed E-state index contributed by atoms with van der Waals surface area (Å²) in [5.41, 5.74) is 1.03. The number of benzene rings is 1. The van der Waals surface area contributed by atoms with Gasteiger partial charge in [-0.1, -0.05) is 30.3 Å². The smallest absolute Gasteiger partial charge is 0.329 e. The third kappa shape index (κ3) is 4.98. The van der Waals surface area contributed by atoms with E-state index < -0.39 is 6.04 Å². The van der Waals surface area contributed by atoms with E-state index in [9.17, 15) is 9.59 Å². The Labute approximate surface area is 148 Å². The summed E-state index contributed by atoms with van der Waals surface area (Å²) in [5, 5.41) is 3.27. The summed E-state index contributed by atoms with van der Waals surface area (Å²) in [5.74, 6) is 0.601. The number of carbonyl (C=O) groups excluding carboxylic acids is 2. The number of thioether (sulfide) groups is 1. The third-order valence-corrected chi connectivity index (χ3v) is 4.79. The quantitative estimate of drug-likeness (QED) is 0.724. The number of nitrogens with one attached hydrogen (secondary N) is 1. The molecule has 0 unspecified atom stereocenters. The molecule has 0 aromatic heterocycles. The summed E-state index contributed by atoms with van der Waals surface area (Å²) in [4.78, 5) is 27.0. The number of esters is 1. The third-order valence-electron chi connectivity index (χ3n) is 4.14. The molecule has 24 heavy (non-hydrogen) atoms. The number of hydrogen-bond acceptors (Lipinski definition) is 5. The van der Waals surface area contributed by atoms with Crippen LogP contribution in [0.1, 0.15) is 18.9 Å². The van der Waals surface area contributed by atoms with E-state index >= 15 is 0 Å². The average Bonchev–Trinajstić information content (AvgIpc) is 2.60. The first kappa shape index (κ1) is 18.8. The number of carbonyl (C=O) groups is 2. The van der Waals surface area contributed by atoms with Gasteiger partial charge in [0.05, 0.1) is 12.6 Å². The molecule has 0 saturated carbocycles. The van der Waals surface area contributed by atoms with Gasteiger partial charge in [-0.25, -0.2) is 4.79 Å². The van der Waals surface area contributed by atoms with Crippen LogP contribution in [-0.2, 0) is 20.7 Å². The predicted molar refractivity (Wildman–Crippen MR) is 97.1 cm³/mol. The number of piperazine rings is 1. The van der Waals surface area contributed by atoms with Gasteiger partial charge in [0, 0.05) is 19.5 Å². The van der Waals surface area contributed by atoms with E-state index in [0.29, 0.717) is 26.1 Å². The number of ether oxygens (including phenoxy) is 1. The Kier molecular flexibility index (Phi) is 7.59. The second-order valence-electron chi connectivity index (χ2n) is 5.78. The van der Waals surface area contributed by atoms with Crippen molar-refractivity contribution in [2.24, 2.45) is 0 Å². The van der Waals surface area contributed by atoms with E-state index in [1.165, 1.54) is 0 Å². The lowest BCUT2D eigenvalue weighted by molar-refractivity contribution is -0.156. The van der Waals surface area contributed by atoms with Gasteiger partial charge in [-0.05, 0) is 30.9 Å². The molecule has 1 heterocycles. The molecule has 0 radical (unpaired) electrons. The molecule has 2 rings (SSSR count). The molecule has 0 spiro atoms. The number of rotatable bonds is 8. The van der Waals surface area contributed by atoms with Gasteiger partial charge >= 0.3 is 5.97 Å². The molecule has 2 atom stereocenters. The Bertz CT molecular complexity index is 538. The largest absolute Gasteiger partial charge is 0.464 e. The monoisotopic (exact) mass is 350 g/mol. The Hall–Kier alpha value is -1.53. The van der Waals surface area contributed by atoms with Crippen LogP contribution in [0.5, 0.6) is 0 Å². The molecule has 1 amide bonds. The summed E-state index contributed by atoms with van der Waals surface area (Å²) >= 11 is 1.72. The Morgan fingerprint density at radius 1 is 1.42 bits per heavy atom. The lowest BCUT2D eigenvalue weighted by Gasteiger charge is -2.37. The molecule has 1 aromatic carbocycles. The van der Waals surface area contributed by atoms with E-state index in [1.54, 1.807) is 23.6 Å². The van der Waals surface area contributed by atoms with Gasteiger partial charge in [0.2, 0.25) is 5.91 Å². The Morgan fingerprint density at radius 3 is 2.83 bits per heavy atom. The average molecular weight is 350 g/mol. The number of hydrogen-bond donors (Lipinski definition) is 1. The normalized spacial score (nSPS) is 19.2. The van der Waals surface area contributed by atoms with Gasteiger partial charge in [0.1, 0.15) is 6.04 Å². The number of nitrogens with zero attached hydrogens (tertiary/aromatic N) is 1. The summed E-state index contributed by atoms with van der Waals surface area (Å²) in [6.45, 7) is 3.35. The maximum absolute atomic E-state index is 12.8. The van der Waals surface area contributed by atoms with Crippen LogP contribution in [0, 0.1) is 0 Å². The van der Waals surface area contributed by atoms with Crippen LogP contribution < -0.4 is 5.32 Å². The highest BCUT2D eigenvalue weighted by Crippen LogP contribution is 2.16. The first-order chi connectivity index (χ1) is 11.7. The van der Waals surface area contributed by atoms with Crippen LogP contribution in [-0.4, -0.2) is 60.6 Å². The van der Waals surface area contributed by atoms with Crippen molar-refractivity contribution in [2.45, 2.75) is 31.8 Å². The molecule has 1 aromatic rings. The van der Waals surface area contributed by atoms with E-state index in [2.05, 4.69) is 5.32 Å². The fraction of sp³-hybridized carbons (Fsp3) is 0.556. The van der Waals surface area contributed by atoms with Crippen molar-refractivity contribution in [1.29, 1.82) is 0 Å². The molecule has 0 aliphatic carbocycles. The van der Waals surface area contributed by atoms with Gasteiger partial charge in [0.25, 0.3) is 0 Å². The molecule has 1 saturated heterocycles. The van der Waals surface area contributed by atoms with Crippen LogP contribution in [0.4, 0.5) is 0 Å². The van der Waals surface area contributed by atoms with E-state index in [-0.39, 0.29) is 17.9 Å². The summed E-state index contributed by atoms with van der Waals surface area (Å²) in [6, 6.07) is 9.01.